The number of pyridine rings is 1. The molecule has 3 heteroatoms. The number of carbonyl (C=O) groups excluding carboxylic acids is 1. The van der Waals surface area contributed by atoms with Gasteiger partial charge in [-0.2, -0.15) is 0 Å². The van der Waals surface area contributed by atoms with Crippen LogP contribution in [0.3, 0.4) is 0 Å². The van der Waals surface area contributed by atoms with E-state index >= 15 is 0 Å². The van der Waals surface area contributed by atoms with Crippen molar-refractivity contribution in [3.05, 3.63) is 65.9 Å². The molecule has 0 N–H and O–H groups in total. The molecular formula is C17H15NO2. The molecule has 100 valence electrons. The molecule has 0 aliphatic heterocycles. The van der Waals surface area contributed by atoms with Crippen molar-refractivity contribution in [3.8, 4) is 11.3 Å². The monoisotopic (exact) mass is 265 g/mol. The Morgan fingerprint density at radius 2 is 1.90 bits per heavy atom. The number of benzene rings is 1. The number of hydrogen-bond acceptors (Lipinski definition) is 2. The van der Waals surface area contributed by atoms with Gasteiger partial charge in [-0.25, -0.2) is 4.79 Å². The molecule has 0 spiro atoms. The number of fused-ring (bicyclic) bond motifs is 1. The Morgan fingerprint density at radius 3 is 2.65 bits per heavy atom. The smallest absolute Gasteiger partial charge is 0.339 e. The van der Waals surface area contributed by atoms with Crippen LogP contribution >= 0.6 is 0 Å². The van der Waals surface area contributed by atoms with E-state index in [1.807, 2.05) is 40.9 Å². The molecule has 0 bridgehead atoms. The van der Waals surface area contributed by atoms with Gasteiger partial charge in [-0.1, -0.05) is 30.3 Å². The zero-order valence-corrected chi connectivity index (χ0v) is 11.5. The minimum atomic E-state index is -0.315. The van der Waals surface area contributed by atoms with Crippen molar-refractivity contribution in [3.63, 3.8) is 0 Å². The van der Waals surface area contributed by atoms with E-state index in [9.17, 15) is 4.79 Å². The van der Waals surface area contributed by atoms with E-state index in [2.05, 4.69) is 25.1 Å². The number of hydrogen-bond donors (Lipinski definition) is 0. The molecule has 20 heavy (non-hydrogen) atoms. The van der Waals surface area contributed by atoms with E-state index < -0.39 is 0 Å². The van der Waals surface area contributed by atoms with Crippen LogP contribution in [0.15, 0.2) is 54.7 Å². The molecule has 3 aromatic rings. The highest BCUT2D eigenvalue weighted by atomic mass is 16.5. The fraction of sp³-hybridized carbons (Fsp3) is 0.118. The van der Waals surface area contributed by atoms with E-state index in [0.29, 0.717) is 5.56 Å². The quantitative estimate of drug-likeness (QED) is 0.661. The van der Waals surface area contributed by atoms with E-state index in [4.69, 9.17) is 4.74 Å². The summed E-state index contributed by atoms with van der Waals surface area (Å²) in [4.78, 5) is 11.7. The van der Waals surface area contributed by atoms with Gasteiger partial charge in [-0.3, -0.25) is 0 Å². The van der Waals surface area contributed by atoms with Gasteiger partial charge < -0.3 is 9.14 Å². The molecule has 0 atom stereocenters. The summed E-state index contributed by atoms with van der Waals surface area (Å²) < 4.78 is 6.81. The molecule has 0 unspecified atom stereocenters. The van der Waals surface area contributed by atoms with Gasteiger partial charge in [0.2, 0.25) is 0 Å². The fourth-order valence-corrected chi connectivity index (χ4v) is 2.44. The van der Waals surface area contributed by atoms with E-state index in [1.165, 1.54) is 12.7 Å². The van der Waals surface area contributed by atoms with Crippen LogP contribution in [-0.4, -0.2) is 17.5 Å². The van der Waals surface area contributed by atoms with Gasteiger partial charge >= 0.3 is 5.97 Å². The summed E-state index contributed by atoms with van der Waals surface area (Å²) in [6, 6.07) is 16.1. The predicted molar refractivity (Wildman–Crippen MR) is 78.9 cm³/mol. The fourth-order valence-electron chi connectivity index (χ4n) is 2.44. The Hall–Kier alpha value is -2.55. The number of carbonyl (C=O) groups is 1. The molecule has 2 heterocycles. The molecule has 0 saturated carbocycles. The van der Waals surface area contributed by atoms with Gasteiger partial charge in [0, 0.05) is 17.3 Å². The Morgan fingerprint density at radius 1 is 1.10 bits per heavy atom. The molecule has 2 aromatic heterocycles. The van der Waals surface area contributed by atoms with Crippen molar-refractivity contribution in [1.82, 2.24) is 4.40 Å². The molecule has 1 aromatic carbocycles. The van der Waals surface area contributed by atoms with E-state index in [1.54, 1.807) is 0 Å². The Balaban J connectivity index is 2.24. The summed E-state index contributed by atoms with van der Waals surface area (Å²) in [6.07, 6.45) is 1.82. The number of rotatable bonds is 2. The molecule has 3 nitrogen and oxygen atoms in total. The van der Waals surface area contributed by atoms with Crippen LogP contribution in [0.2, 0.25) is 0 Å². The van der Waals surface area contributed by atoms with Crippen LogP contribution in [0.25, 0.3) is 16.8 Å². The first kappa shape index (κ1) is 12.5. The topological polar surface area (TPSA) is 30.7 Å². The number of aryl methyl sites for hydroxylation is 1. The predicted octanol–water partition coefficient (Wildman–Crippen LogP) is 3.70. The Labute approximate surface area is 117 Å². The summed E-state index contributed by atoms with van der Waals surface area (Å²) in [7, 11) is 1.40. The van der Waals surface area contributed by atoms with Crippen LogP contribution in [0.5, 0.6) is 0 Å². The lowest BCUT2D eigenvalue weighted by molar-refractivity contribution is 0.0601. The second kappa shape index (κ2) is 4.85. The third kappa shape index (κ3) is 1.97. The zero-order chi connectivity index (χ0) is 14.1. The summed E-state index contributed by atoms with van der Waals surface area (Å²) in [5.41, 5.74) is 4.97. The highest BCUT2D eigenvalue weighted by Crippen LogP contribution is 2.25. The van der Waals surface area contributed by atoms with Gasteiger partial charge in [0.1, 0.15) is 0 Å². The lowest BCUT2D eigenvalue weighted by atomic mass is 10.1. The van der Waals surface area contributed by atoms with Crippen LogP contribution in [0.4, 0.5) is 0 Å². The maximum atomic E-state index is 11.7. The summed E-state index contributed by atoms with van der Waals surface area (Å²) in [5, 5.41) is 0. The van der Waals surface area contributed by atoms with Gasteiger partial charge in [0.15, 0.2) is 0 Å². The van der Waals surface area contributed by atoms with Gasteiger partial charge in [0.05, 0.1) is 18.4 Å². The van der Waals surface area contributed by atoms with Crippen molar-refractivity contribution in [2.45, 2.75) is 6.92 Å². The second-order valence-electron chi connectivity index (χ2n) is 4.74. The molecule has 0 amide bonds. The van der Waals surface area contributed by atoms with Crippen molar-refractivity contribution >= 4 is 11.5 Å². The summed E-state index contributed by atoms with van der Waals surface area (Å²) in [6.45, 7) is 2.08. The highest BCUT2D eigenvalue weighted by molar-refractivity contribution is 5.91. The maximum absolute atomic E-state index is 11.7. The third-order valence-electron chi connectivity index (χ3n) is 3.47. The molecule has 0 fully saturated rings. The minimum absolute atomic E-state index is 0.315. The SMILES string of the molecule is COC(=O)c1cc2cccc(-c3ccccc3C)n2c1. The van der Waals surface area contributed by atoms with Crippen LogP contribution in [-0.2, 0) is 4.74 Å². The molecule has 0 radical (unpaired) electrons. The molecule has 0 aliphatic carbocycles. The lowest BCUT2D eigenvalue weighted by Crippen LogP contribution is -1.98. The highest BCUT2D eigenvalue weighted by Gasteiger charge is 2.11. The average molecular weight is 265 g/mol. The molecular weight excluding hydrogens is 250 g/mol. The van der Waals surface area contributed by atoms with E-state index in [0.717, 1.165) is 16.8 Å². The third-order valence-corrected chi connectivity index (χ3v) is 3.47. The minimum Gasteiger partial charge on any atom is -0.465 e. The number of ether oxygens (including phenoxy) is 1. The normalized spacial score (nSPS) is 10.7. The Kier molecular flexibility index (Phi) is 3.03. The summed E-state index contributed by atoms with van der Waals surface area (Å²) in [5.74, 6) is -0.315. The maximum Gasteiger partial charge on any atom is 0.339 e. The standard InChI is InChI=1S/C17H15NO2/c1-12-6-3-4-8-15(12)16-9-5-7-14-10-13(11-18(14)16)17(19)20-2/h3-11H,1-2H3. The second-order valence-corrected chi connectivity index (χ2v) is 4.74. The van der Waals surface area contributed by atoms with Gasteiger partial charge in [-0.15, -0.1) is 0 Å². The molecule has 0 saturated heterocycles. The van der Waals surface area contributed by atoms with Crippen molar-refractivity contribution in [2.24, 2.45) is 0 Å². The first-order valence-electron chi connectivity index (χ1n) is 6.46. The van der Waals surface area contributed by atoms with Gasteiger partial charge in [0.25, 0.3) is 0 Å². The first-order valence-corrected chi connectivity index (χ1v) is 6.46. The average Bonchev–Trinajstić information content (AvgIpc) is 2.91. The Bertz CT molecular complexity index is 787. The molecule has 0 aliphatic rings. The number of methoxy groups -OCH3 is 1. The van der Waals surface area contributed by atoms with Crippen LogP contribution < -0.4 is 0 Å². The van der Waals surface area contributed by atoms with Gasteiger partial charge in [-0.05, 0) is 30.7 Å². The number of esters is 1. The van der Waals surface area contributed by atoms with Crippen molar-refractivity contribution in [1.29, 1.82) is 0 Å². The summed E-state index contributed by atoms with van der Waals surface area (Å²) >= 11 is 0. The van der Waals surface area contributed by atoms with E-state index in [-0.39, 0.29) is 5.97 Å². The van der Waals surface area contributed by atoms with Crippen LogP contribution in [0.1, 0.15) is 15.9 Å². The largest absolute Gasteiger partial charge is 0.465 e. The van der Waals surface area contributed by atoms with Crippen molar-refractivity contribution in [2.75, 3.05) is 7.11 Å². The number of nitrogens with zero attached hydrogens (tertiary/aromatic N) is 1. The zero-order valence-electron chi connectivity index (χ0n) is 11.5. The first-order chi connectivity index (χ1) is 9.70. The van der Waals surface area contributed by atoms with Crippen molar-refractivity contribution < 1.29 is 9.53 Å². The molecule has 3 rings (SSSR count). The van der Waals surface area contributed by atoms with Crippen LogP contribution in [0, 0.1) is 6.92 Å². The lowest BCUT2D eigenvalue weighted by Gasteiger charge is -2.09. The number of aromatic nitrogens is 1.